The molecule has 6 heteroatoms. The molecule has 0 saturated carbocycles. The van der Waals surface area contributed by atoms with Gasteiger partial charge in [0, 0.05) is 21.1 Å². The van der Waals surface area contributed by atoms with Gasteiger partial charge in [-0.1, -0.05) is 156 Å². The Morgan fingerprint density at radius 3 is 0.932 bits per heavy atom. The maximum atomic E-state index is 10.2. The predicted octanol–water partition coefficient (Wildman–Crippen LogP) is 13.7. The molecule has 0 fully saturated rings. The summed E-state index contributed by atoms with van der Waals surface area (Å²) in [5.74, 6) is -0.197. The summed E-state index contributed by atoms with van der Waals surface area (Å²) in [6.45, 7) is 15.9. The standard InChI is InChI=1S/C32H68P.C6H16O3SSi/c1-5-9-13-17-18-19-20-21-22-23-24-28-32-33(29-25-14-10-6-2,30-26-15-11-7-3)31-27-16-12-8-4;1-11(2,3)6-4-5-10(7,8)9/h5-32H2,1-4H3;4-6H2,1-3H3,(H,7,8,9)/q+1;/p-1. The lowest BCUT2D eigenvalue weighted by atomic mass is 10.1. The van der Waals surface area contributed by atoms with Crippen LogP contribution < -0.4 is 0 Å². The molecule has 0 aliphatic rings. The first-order valence-electron chi connectivity index (χ1n) is 19.7. The van der Waals surface area contributed by atoms with E-state index in [2.05, 4.69) is 47.3 Å². The van der Waals surface area contributed by atoms with E-state index in [1.54, 1.807) is 50.3 Å². The maximum Gasteiger partial charge on any atom is 0.0945 e. The van der Waals surface area contributed by atoms with Crippen molar-refractivity contribution in [2.75, 3.05) is 30.4 Å². The summed E-state index contributed by atoms with van der Waals surface area (Å²) in [5.41, 5.74) is 0. The highest BCUT2D eigenvalue weighted by atomic mass is 32.2. The van der Waals surface area contributed by atoms with Gasteiger partial charge in [0.2, 0.25) is 0 Å². The Labute approximate surface area is 281 Å². The van der Waals surface area contributed by atoms with Crippen molar-refractivity contribution in [1.82, 2.24) is 0 Å². The first-order valence-corrected chi connectivity index (χ1v) is 27.5. The molecule has 0 aliphatic heterocycles. The van der Waals surface area contributed by atoms with E-state index in [1.807, 2.05) is 0 Å². The van der Waals surface area contributed by atoms with Crippen LogP contribution in [-0.4, -0.2) is 51.4 Å². The monoisotopic (exact) mass is 679 g/mol. The van der Waals surface area contributed by atoms with Gasteiger partial charge < -0.3 is 4.55 Å². The van der Waals surface area contributed by atoms with Crippen LogP contribution in [0.2, 0.25) is 25.7 Å². The van der Waals surface area contributed by atoms with E-state index >= 15 is 0 Å². The molecule has 0 unspecified atom stereocenters. The van der Waals surface area contributed by atoms with Crippen molar-refractivity contribution in [3.8, 4) is 0 Å². The molecule has 0 N–H and O–H groups in total. The SMILES string of the molecule is CCCCCCCCCCCCCC[P+](CCCCCC)(CCCCCC)CCCCCC.C[Si](C)(C)CCCS(=O)(=O)[O-]. The van der Waals surface area contributed by atoms with Crippen LogP contribution in [0.25, 0.3) is 0 Å². The van der Waals surface area contributed by atoms with Gasteiger partial charge in [-0.3, -0.25) is 0 Å². The fraction of sp³-hybridized carbons (Fsp3) is 1.00. The second-order valence-corrected chi connectivity index (χ2v) is 26.9. The minimum Gasteiger partial charge on any atom is -0.748 e. The van der Waals surface area contributed by atoms with E-state index < -0.39 is 25.5 Å². The molecule has 0 aromatic heterocycles. The molecule has 0 radical (unpaired) electrons. The quantitative estimate of drug-likeness (QED) is 0.0308. The van der Waals surface area contributed by atoms with Crippen LogP contribution in [0.3, 0.4) is 0 Å². The molecule has 44 heavy (non-hydrogen) atoms. The molecule has 0 amide bonds. The molecule has 0 saturated heterocycles. The molecular weight excluding hydrogens is 596 g/mol. The Hall–Kier alpha value is 0.557. The van der Waals surface area contributed by atoms with Crippen molar-refractivity contribution in [1.29, 1.82) is 0 Å². The summed E-state index contributed by atoms with van der Waals surface area (Å²) in [6.07, 6.45) is 42.6. The average Bonchev–Trinajstić information content (AvgIpc) is 2.95. The lowest BCUT2D eigenvalue weighted by Crippen LogP contribution is -2.20. The van der Waals surface area contributed by atoms with Crippen molar-refractivity contribution < 1.29 is 13.0 Å². The molecular formula is C38H83O3PSSi. The van der Waals surface area contributed by atoms with Crippen LogP contribution >= 0.6 is 7.26 Å². The highest BCUT2D eigenvalue weighted by molar-refractivity contribution is 7.85. The van der Waals surface area contributed by atoms with Crippen LogP contribution in [0.4, 0.5) is 0 Å². The molecule has 0 bridgehead atoms. The third-order valence-corrected chi connectivity index (χ3v) is 17.0. The normalized spacial score (nSPS) is 12.4. The fourth-order valence-electron chi connectivity index (χ4n) is 6.36. The van der Waals surface area contributed by atoms with E-state index in [-0.39, 0.29) is 5.75 Å². The Morgan fingerprint density at radius 1 is 0.432 bits per heavy atom. The Bertz CT molecular complexity index is 647. The first kappa shape index (κ1) is 46.7. The molecule has 0 rings (SSSR count). The summed E-state index contributed by atoms with van der Waals surface area (Å²) >= 11 is 0. The number of rotatable bonds is 32. The summed E-state index contributed by atoms with van der Waals surface area (Å²) in [5, 5.41) is 0. The van der Waals surface area contributed by atoms with Crippen molar-refractivity contribution in [3.05, 3.63) is 0 Å². The number of hydrogen-bond acceptors (Lipinski definition) is 3. The Morgan fingerprint density at radius 2 is 0.682 bits per heavy atom. The van der Waals surface area contributed by atoms with E-state index in [9.17, 15) is 13.0 Å². The summed E-state index contributed by atoms with van der Waals surface area (Å²) in [4.78, 5) is 0. The van der Waals surface area contributed by atoms with Crippen LogP contribution in [0.5, 0.6) is 0 Å². The lowest BCUT2D eigenvalue weighted by Gasteiger charge is -2.28. The largest absolute Gasteiger partial charge is 0.748 e. The maximum absolute atomic E-state index is 10.2. The van der Waals surface area contributed by atoms with Gasteiger partial charge in [-0.25, -0.2) is 8.42 Å². The van der Waals surface area contributed by atoms with Gasteiger partial charge in [-0.2, -0.15) is 0 Å². The Balaban J connectivity index is 0. The van der Waals surface area contributed by atoms with Crippen molar-refractivity contribution in [2.24, 2.45) is 0 Å². The first-order chi connectivity index (χ1) is 20.9. The van der Waals surface area contributed by atoms with Crippen molar-refractivity contribution in [3.63, 3.8) is 0 Å². The Kier molecular flexibility index (Phi) is 34.1. The zero-order valence-electron chi connectivity index (χ0n) is 31.5. The summed E-state index contributed by atoms with van der Waals surface area (Å²) in [7, 11) is -5.83. The molecule has 0 atom stereocenters. The van der Waals surface area contributed by atoms with E-state index in [4.69, 9.17) is 0 Å². The fourth-order valence-corrected chi connectivity index (χ4v) is 13.3. The van der Waals surface area contributed by atoms with E-state index in [1.165, 1.54) is 128 Å². The molecule has 0 aliphatic carbocycles. The van der Waals surface area contributed by atoms with Crippen LogP contribution in [-0.2, 0) is 10.1 Å². The smallest absolute Gasteiger partial charge is 0.0945 e. The number of hydrogen-bond donors (Lipinski definition) is 0. The third-order valence-electron chi connectivity index (χ3n) is 9.27. The van der Waals surface area contributed by atoms with Crippen LogP contribution in [0.15, 0.2) is 0 Å². The molecule has 268 valence electrons. The van der Waals surface area contributed by atoms with Gasteiger partial charge in [0.05, 0.1) is 34.8 Å². The number of unbranched alkanes of at least 4 members (excludes halogenated alkanes) is 20. The minimum absolute atomic E-state index is 0.197. The van der Waals surface area contributed by atoms with Crippen molar-refractivity contribution >= 4 is 25.5 Å². The topological polar surface area (TPSA) is 57.2 Å². The second kappa shape index (κ2) is 32.1. The molecule has 0 aromatic carbocycles. The van der Waals surface area contributed by atoms with Crippen LogP contribution in [0.1, 0.15) is 188 Å². The van der Waals surface area contributed by atoms with E-state index in [0.717, 1.165) is 6.04 Å². The van der Waals surface area contributed by atoms with Gasteiger partial charge in [0.1, 0.15) is 0 Å². The lowest BCUT2D eigenvalue weighted by molar-refractivity contribution is 0.462. The van der Waals surface area contributed by atoms with Gasteiger partial charge >= 0.3 is 0 Å². The molecule has 0 spiro atoms. The third kappa shape index (κ3) is 37.0. The average molecular weight is 679 g/mol. The summed E-state index contributed by atoms with van der Waals surface area (Å²) < 4.78 is 30.5. The zero-order valence-corrected chi connectivity index (χ0v) is 34.2. The highest BCUT2D eigenvalue weighted by Gasteiger charge is 2.34. The molecule has 3 nitrogen and oxygen atoms in total. The van der Waals surface area contributed by atoms with E-state index in [0.29, 0.717) is 6.42 Å². The van der Waals surface area contributed by atoms with Gasteiger partial charge in [-0.05, 0) is 57.8 Å². The van der Waals surface area contributed by atoms with Gasteiger partial charge in [-0.15, -0.1) is 0 Å². The zero-order chi connectivity index (χ0) is 33.4. The highest BCUT2D eigenvalue weighted by Crippen LogP contribution is 2.61. The second-order valence-electron chi connectivity index (χ2n) is 15.2. The predicted molar refractivity (Wildman–Crippen MR) is 207 cm³/mol. The molecule has 0 aromatic rings. The molecule has 0 heterocycles. The van der Waals surface area contributed by atoms with Gasteiger partial charge in [0.25, 0.3) is 0 Å². The summed E-state index contributed by atoms with van der Waals surface area (Å²) in [6, 6.07) is 0.911. The minimum atomic E-state index is -3.97. The van der Waals surface area contributed by atoms with Crippen LogP contribution in [0, 0.1) is 0 Å². The van der Waals surface area contributed by atoms with Crippen molar-refractivity contribution in [2.45, 2.75) is 214 Å². The van der Waals surface area contributed by atoms with Gasteiger partial charge in [0.15, 0.2) is 0 Å².